The van der Waals surface area contributed by atoms with Gasteiger partial charge in [-0.05, 0) is 36.6 Å². The van der Waals surface area contributed by atoms with E-state index in [1.165, 1.54) is 11.8 Å². The summed E-state index contributed by atoms with van der Waals surface area (Å²) in [5, 5.41) is 0.177. The van der Waals surface area contributed by atoms with Crippen molar-refractivity contribution in [2.24, 2.45) is 5.92 Å². The Bertz CT molecular complexity index is 357. The molecular weight excluding hydrogens is 230 g/mol. The normalized spacial score (nSPS) is 10.6. The van der Waals surface area contributed by atoms with E-state index in [0.717, 1.165) is 23.4 Å². The van der Waals surface area contributed by atoms with Gasteiger partial charge in [0.25, 0.3) is 0 Å². The van der Waals surface area contributed by atoms with Crippen molar-refractivity contribution in [1.29, 1.82) is 0 Å². The van der Waals surface area contributed by atoms with Gasteiger partial charge < -0.3 is 4.90 Å². The fourth-order valence-corrected chi connectivity index (χ4v) is 2.44. The lowest BCUT2D eigenvalue weighted by molar-refractivity contribution is 0.108. The number of carbonyl (C=O) groups is 1. The molecule has 0 heterocycles. The summed E-state index contributed by atoms with van der Waals surface area (Å²) in [4.78, 5) is 13.9. The highest BCUT2D eigenvalue weighted by Gasteiger charge is 2.07. The van der Waals surface area contributed by atoms with Gasteiger partial charge in [0, 0.05) is 31.1 Å². The molecule has 0 amide bonds. The van der Waals surface area contributed by atoms with E-state index in [1.54, 1.807) is 0 Å². The van der Waals surface area contributed by atoms with E-state index in [9.17, 15) is 4.79 Å². The molecule has 0 atom stereocenters. The van der Waals surface area contributed by atoms with Crippen LogP contribution in [-0.4, -0.2) is 25.0 Å². The van der Waals surface area contributed by atoms with Crippen LogP contribution >= 0.6 is 11.8 Å². The summed E-state index contributed by atoms with van der Waals surface area (Å²) in [6.07, 6.45) is 1.09. The molecule has 3 heteroatoms. The first-order valence-electron chi connectivity index (χ1n) is 5.95. The van der Waals surface area contributed by atoms with Gasteiger partial charge in [0.05, 0.1) is 0 Å². The molecule has 0 aromatic heterocycles. The molecule has 1 aromatic rings. The van der Waals surface area contributed by atoms with E-state index in [4.69, 9.17) is 0 Å². The summed E-state index contributed by atoms with van der Waals surface area (Å²) in [6.45, 7) is 4.35. The molecule has 94 valence electrons. The van der Waals surface area contributed by atoms with Gasteiger partial charge >= 0.3 is 0 Å². The van der Waals surface area contributed by atoms with E-state index in [-0.39, 0.29) is 5.12 Å². The fourth-order valence-electron chi connectivity index (χ4n) is 1.37. The van der Waals surface area contributed by atoms with Crippen molar-refractivity contribution in [2.45, 2.75) is 20.3 Å². The zero-order valence-electron chi connectivity index (χ0n) is 11.1. The minimum atomic E-state index is 0.177. The monoisotopic (exact) mass is 251 g/mol. The van der Waals surface area contributed by atoms with Crippen molar-refractivity contribution in [3.63, 3.8) is 0 Å². The number of nitrogens with zero attached hydrogens (tertiary/aromatic N) is 1. The second-order valence-electron chi connectivity index (χ2n) is 4.76. The van der Waals surface area contributed by atoms with Crippen molar-refractivity contribution < 1.29 is 4.79 Å². The summed E-state index contributed by atoms with van der Waals surface area (Å²) >= 11 is 1.42. The summed E-state index contributed by atoms with van der Waals surface area (Å²) in [7, 11) is 3.99. The van der Waals surface area contributed by atoms with Crippen molar-refractivity contribution in [3.8, 4) is 0 Å². The van der Waals surface area contributed by atoms with Crippen LogP contribution in [0.15, 0.2) is 24.3 Å². The van der Waals surface area contributed by atoms with Gasteiger partial charge in [0.2, 0.25) is 5.12 Å². The molecule has 0 aliphatic carbocycles. The van der Waals surface area contributed by atoms with Crippen molar-refractivity contribution in [1.82, 2.24) is 0 Å². The van der Waals surface area contributed by atoms with Crippen molar-refractivity contribution >= 4 is 22.6 Å². The molecule has 0 fully saturated rings. The second kappa shape index (κ2) is 6.70. The Hall–Kier alpha value is -0.960. The Morgan fingerprint density at radius 1 is 1.24 bits per heavy atom. The van der Waals surface area contributed by atoms with Crippen LogP contribution in [0.3, 0.4) is 0 Å². The van der Waals surface area contributed by atoms with Crippen LogP contribution in [-0.2, 0) is 0 Å². The number of anilines is 1. The summed E-state index contributed by atoms with van der Waals surface area (Å²) in [6, 6.07) is 7.77. The molecule has 0 saturated heterocycles. The van der Waals surface area contributed by atoms with Crippen LogP contribution in [0.5, 0.6) is 0 Å². The van der Waals surface area contributed by atoms with Crippen molar-refractivity contribution in [2.75, 3.05) is 24.7 Å². The zero-order valence-corrected chi connectivity index (χ0v) is 11.9. The number of hydrogen-bond donors (Lipinski definition) is 0. The van der Waals surface area contributed by atoms with Crippen molar-refractivity contribution in [3.05, 3.63) is 29.8 Å². The third-order valence-electron chi connectivity index (χ3n) is 2.55. The molecular formula is C14H21NOS. The average Bonchev–Trinajstić information content (AvgIpc) is 2.28. The SMILES string of the molecule is CC(C)CCSC(=O)c1ccc(N(C)C)cc1. The molecule has 0 saturated carbocycles. The Labute approximate surface area is 108 Å². The molecule has 0 bridgehead atoms. The third-order valence-corrected chi connectivity index (χ3v) is 3.49. The smallest absolute Gasteiger partial charge is 0.219 e. The van der Waals surface area contributed by atoms with Crippen LogP contribution in [0.1, 0.15) is 30.6 Å². The highest BCUT2D eigenvalue weighted by atomic mass is 32.2. The van der Waals surface area contributed by atoms with Crippen LogP contribution < -0.4 is 4.90 Å². The fraction of sp³-hybridized carbons (Fsp3) is 0.500. The van der Waals surface area contributed by atoms with Gasteiger partial charge in [-0.15, -0.1) is 0 Å². The first kappa shape index (κ1) is 14.1. The third kappa shape index (κ3) is 4.82. The van der Waals surface area contributed by atoms with E-state index in [0.29, 0.717) is 5.92 Å². The molecule has 0 spiro atoms. The summed E-state index contributed by atoms with van der Waals surface area (Å²) in [5.41, 5.74) is 1.91. The number of rotatable bonds is 5. The van der Waals surface area contributed by atoms with E-state index >= 15 is 0 Å². The number of thioether (sulfide) groups is 1. The zero-order chi connectivity index (χ0) is 12.8. The first-order chi connectivity index (χ1) is 8.00. The quantitative estimate of drug-likeness (QED) is 0.796. The highest BCUT2D eigenvalue weighted by molar-refractivity contribution is 8.14. The average molecular weight is 251 g/mol. The van der Waals surface area contributed by atoms with Crippen LogP contribution in [0.2, 0.25) is 0 Å². The van der Waals surface area contributed by atoms with E-state index in [1.807, 2.05) is 43.3 Å². The minimum absolute atomic E-state index is 0.177. The molecule has 0 radical (unpaired) electrons. The predicted octanol–water partition coefficient (Wildman–Crippen LogP) is 3.67. The summed E-state index contributed by atoms with van der Waals surface area (Å²) in [5.74, 6) is 1.57. The van der Waals surface area contributed by atoms with Crippen LogP contribution in [0.25, 0.3) is 0 Å². The van der Waals surface area contributed by atoms with E-state index < -0.39 is 0 Å². The Morgan fingerprint density at radius 2 is 1.82 bits per heavy atom. The maximum Gasteiger partial charge on any atom is 0.219 e. The topological polar surface area (TPSA) is 20.3 Å². The maximum atomic E-state index is 11.9. The number of carbonyl (C=O) groups excluding carboxylic acids is 1. The largest absolute Gasteiger partial charge is 0.378 e. The van der Waals surface area contributed by atoms with Crippen LogP contribution in [0.4, 0.5) is 5.69 Å². The number of hydrogen-bond acceptors (Lipinski definition) is 3. The molecule has 2 nitrogen and oxygen atoms in total. The first-order valence-corrected chi connectivity index (χ1v) is 6.93. The lowest BCUT2D eigenvalue weighted by atomic mass is 10.2. The standard InChI is InChI=1S/C14H21NOS/c1-11(2)9-10-17-14(16)12-5-7-13(8-6-12)15(3)4/h5-8,11H,9-10H2,1-4H3. The predicted molar refractivity (Wildman–Crippen MR) is 77.0 cm³/mol. The molecule has 0 aliphatic rings. The lowest BCUT2D eigenvalue weighted by Gasteiger charge is -2.12. The minimum Gasteiger partial charge on any atom is -0.378 e. The molecule has 0 N–H and O–H groups in total. The number of benzene rings is 1. The molecule has 1 rings (SSSR count). The van der Waals surface area contributed by atoms with Crippen LogP contribution in [0, 0.1) is 5.92 Å². The maximum absolute atomic E-state index is 11.9. The summed E-state index contributed by atoms with van der Waals surface area (Å²) < 4.78 is 0. The Morgan fingerprint density at radius 3 is 2.29 bits per heavy atom. The lowest BCUT2D eigenvalue weighted by Crippen LogP contribution is -2.08. The highest BCUT2D eigenvalue weighted by Crippen LogP contribution is 2.18. The van der Waals surface area contributed by atoms with Gasteiger partial charge in [-0.25, -0.2) is 0 Å². The Balaban J connectivity index is 2.52. The Kier molecular flexibility index (Phi) is 5.56. The van der Waals surface area contributed by atoms with Gasteiger partial charge in [0.1, 0.15) is 0 Å². The second-order valence-corrected chi connectivity index (χ2v) is 5.83. The molecule has 0 aliphatic heterocycles. The molecule has 17 heavy (non-hydrogen) atoms. The van der Waals surface area contributed by atoms with Gasteiger partial charge in [-0.2, -0.15) is 0 Å². The van der Waals surface area contributed by atoms with Gasteiger partial charge in [-0.3, -0.25) is 4.79 Å². The van der Waals surface area contributed by atoms with Gasteiger partial charge in [0.15, 0.2) is 0 Å². The van der Waals surface area contributed by atoms with E-state index in [2.05, 4.69) is 13.8 Å². The molecule has 1 aromatic carbocycles. The molecule has 0 unspecified atom stereocenters. The van der Waals surface area contributed by atoms with Gasteiger partial charge in [-0.1, -0.05) is 25.6 Å².